The van der Waals surface area contributed by atoms with Crippen molar-refractivity contribution in [2.24, 2.45) is 0 Å². The average Bonchev–Trinajstić information content (AvgIpc) is 2.12. The van der Waals surface area contributed by atoms with E-state index in [4.69, 9.17) is 0 Å². The van der Waals surface area contributed by atoms with Crippen molar-refractivity contribution in [3.05, 3.63) is 0 Å². The van der Waals surface area contributed by atoms with Gasteiger partial charge in [-0.1, -0.05) is 0 Å². The lowest BCUT2D eigenvalue weighted by atomic mass is 9.71. The molecule has 94 valence electrons. The van der Waals surface area contributed by atoms with Crippen LogP contribution in [0.1, 0.15) is 53.9 Å². The first kappa shape index (κ1) is 12.4. The summed E-state index contributed by atoms with van der Waals surface area (Å²) in [6.45, 7) is 15.6. The molecule has 2 rings (SSSR count). The molecule has 1 aliphatic heterocycles. The highest BCUT2D eigenvalue weighted by Gasteiger charge is 2.49. The van der Waals surface area contributed by atoms with Crippen molar-refractivity contribution in [2.75, 3.05) is 19.6 Å². The van der Waals surface area contributed by atoms with E-state index < -0.39 is 0 Å². The van der Waals surface area contributed by atoms with Crippen LogP contribution in [0, 0.1) is 0 Å². The SMILES string of the molecule is CC(C)N1CCN(C(C)(C)C)C2(CCC2)C1. The molecular weight excluding hydrogens is 196 g/mol. The first-order valence-corrected chi connectivity index (χ1v) is 6.87. The zero-order chi connectivity index (χ0) is 12.0. The van der Waals surface area contributed by atoms with Gasteiger partial charge in [-0.05, 0) is 53.9 Å². The van der Waals surface area contributed by atoms with Gasteiger partial charge in [0.05, 0.1) is 0 Å². The van der Waals surface area contributed by atoms with Gasteiger partial charge < -0.3 is 0 Å². The summed E-state index contributed by atoms with van der Waals surface area (Å²) >= 11 is 0. The van der Waals surface area contributed by atoms with Crippen LogP contribution >= 0.6 is 0 Å². The highest BCUT2D eigenvalue weighted by atomic mass is 15.4. The van der Waals surface area contributed by atoms with Gasteiger partial charge in [0.25, 0.3) is 0 Å². The van der Waals surface area contributed by atoms with Crippen molar-refractivity contribution in [3.63, 3.8) is 0 Å². The molecule has 2 heteroatoms. The molecule has 0 unspecified atom stereocenters. The van der Waals surface area contributed by atoms with E-state index in [2.05, 4.69) is 44.4 Å². The molecule has 0 bridgehead atoms. The zero-order valence-corrected chi connectivity index (χ0v) is 11.7. The Morgan fingerprint density at radius 3 is 2.06 bits per heavy atom. The standard InChI is InChI=1S/C14H28N2/c1-12(2)15-9-10-16(13(3,4)5)14(11-15)7-6-8-14/h12H,6-11H2,1-5H3. The Balaban J connectivity index is 2.13. The van der Waals surface area contributed by atoms with Crippen molar-refractivity contribution in [1.29, 1.82) is 0 Å². The maximum atomic E-state index is 2.78. The number of hydrogen-bond acceptors (Lipinski definition) is 2. The molecule has 2 fully saturated rings. The number of hydrogen-bond donors (Lipinski definition) is 0. The highest BCUT2D eigenvalue weighted by molar-refractivity contribution is 5.06. The minimum Gasteiger partial charge on any atom is -0.298 e. The van der Waals surface area contributed by atoms with E-state index in [-0.39, 0.29) is 0 Å². The van der Waals surface area contributed by atoms with E-state index in [1.165, 1.54) is 38.9 Å². The van der Waals surface area contributed by atoms with Gasteiger partial charge in [-0.2, -0.15) is 0 Å². The van der Waals surface area contributed by atoms with Gasteiger partial charge in [-0.25, -0.2) is 0 Å². The Morgan fingerprint density at radius 1 is 1.06 bits per heavy atom. The van der Waals surface area contributed by atoms with E-state index in [1.54, 1.807) is 0 Å². The summed E-state index contributed by atoms with van der Waals surface area (Å²) in [7, 11) is 0. The fourth-order valence-corrected chi connectivity index (χ4v) is 3.51. The summed E-state index contributed by atoms with van der Waals surface area (Å²) in [5, 5.41) is 0. The average molecular weight is 224 g/mol. The van der Waals surface area contributed by atoms with Crippen molar-refractivity contribution < 1.29 is 0 Å². The summed E-state index contributed by atoms with van der Waals surface area (Å²) < 4.78 is 0. The minimum absolute atomic E-state index is 0.337. The Morgan fingerprint density at radius 2 is 1.69 bits per heavy atom. The molecule has 16 heavy (non-hydrogen) atoms. The number of piperazine rings is 1. The van der Waals surface area contributed by atoms with Crippen LogP contribution in [0.4, 0.5) is 0 Å². The molecule has 0 aromatic carbocycles. The second-order valence-electron chi connectivity index (χ2n) is 6.96. The largest absolute Gasteiger partial charge is 0.298 e. The summed E-state index contributed by atoms with van der Waals surface area (Å²) in [5.74, 6) is 0. The predicted octanol–water partition coefficient (Wildman–Crippen LogP) is 2.73. The lowest BCUT2D eigenvalue weighted by molar-refractivity contribution is -0.105. The van der Waals surface area contributed by atoms with Crippen LogP contribution in [0.15, 0.2) is 0 Å². The lowest BCUT2D eigenvalue weighted by Crippen LogP contribution is -2.70. The maximum absolute atomic E-state index is 2.78. The molecule has 1 aliphatic carbocycles. The highest BCUT2D eigenvalue weighted by Crippen LogP contribution is 2.43. The van der Waals surface area contributed by atoms with E-state index in [0.717, 1.165) is 0 Å². The minimum atomic E-state index is 0.337. The molecule has 0 N–H and O–H groups in total. The zero-order valence-electron chi connectivity index (χ0n) is 11.7. The Hall–Kier alpha value is -0.0800. The van der Waals surface area contributed by atoms with Crippen LogP contribution < -0.4 is 0 Å². The predicted molar refractivity (Wildman–Crippen MR) is 69.8 cm³/mol. The van der Waals surface area contributed by atoms with Crippen LogP contribution in [0.2, 0.25) is 0 Å². The monoisotopic (exact) mass is 224 g/mol. The van der Waals surface area contributed by atoms with Gasteiger partial charge in [-0.3, -0.25) is 9.80 Å². The van der Waals surface area contributed by atoms with Gasteiger partial charge in [0.1, 0.15) is 0 Å². The third-order valence-corrected chi connectivity index (χ3v) is 4.51. The normalized spacial score (nSPS) is 27.4. The van der Waals surface area contributed by atoms with Crippen molar-refractivity contribution in [2.45, 2.75) is 71.0 Å². The molecule has 0 atom stereocenters. The third-order valence-electron chi connectivity index (χ3n) is 4.51. The maximum Gasteiger partial charge on any atom is 0.0342 e. The van der Waals surface area contributed by atoms with Gasteiger partial charge in [-0.15, -0.1) is 0 Å². The molecule has 2 nitrogen and oxygen atoms in total. The van der Waals surface area contributed by atoms with E-state index in [0.29, 0.717) is 17.1 Å². The van der Waals surface area contributed by atoms with Gasteiger partial charge >= 0.3 is 0 Å². The molecular formula is C14H28N2. The van der Waals surface area contributed by atoms with Gasteiger partial charge in [0.2, 0.25) is 0 Å². The number of nitrogens with zero attached hydrogens (tertiary/aromatic N) is 2. The molecule has 1 saturated carbocycles. The summed E-state index contributed by atoms with van der Waals surface area (Å²) in [4.78, 5) is 5.45. The molecule has 2 aliphatic rings. The second kappa shape index (κ2) is 3.99. The smallest absolute Gasteiger partial charge is 0.0342 e. The van der Waals surface area contributed by atoms with Crippen LogP contribution in [-0.2, 0) is 0 Å². The van der Waals surface area contributed by atoms with E-state index in [9.17, 15) is 0 Å². The van der Waals surface area contributed by atoms with Gasteiger partial charge in [0.15, 0.2) is 0 Å². The Labute approximate surface area is 101 Å². The molecule has 0 aromatic heterocycles. The lowest BCUT2D eigenvalue weighted by Gasteiger charge is -2.61. The molecule has 1 spiro atoms. The van der Waals surface area contributed by atoms with E-state index in [1.807, 2.05) is 0 Å². The summed E-state index contributed by atoms with van der Waals surface area (Å²) in [6, 6.07) is 0.708. The van der Waals surface area contributed by atoms with Crippen molar-refractivity contribution in [1.82, 2.24) is 9.80 Å². The van der Waals surface area contributed by atoms with Crippen LogP contribution in [0.3, 0.4) is 0 Å². The first-order valence-electron chi connectivity index (χ1n) is 6.87. The van der Waals surface area contributed by atoms with Gasteiger partial charge in [0, 0.05) is 36.8 Å². The fraction of sp³-hybridized carbons (Fsp3) is 1.00. The first-order chi connectivity index (χ1) is 7.35. The number of rotatable bonds is 1. The fourth-order valence-electron chi connectivity index (χ4n) is 3.51. The third kappa shape index (κ3) is 2.02. The molecule has 0 radical (unpaired) electrons. The summed E-state index contributed by atoms with van der Waals surface area (Å²) in [6.07, 6.45) is 4.25. The second-order valence-corrected chi connectivity index (χ2v) is 6.96. The van der Waals surface area contributed by atoms with Crippen molar-refractivity contribution in [3.8, 4) is 0 Å². The molecule has 0 amide bonds. The topological polar surface area (TPSA) is 6.48 Å². The van der Waals surface area contributed by atoms with Crippen LogP contribution in [-0.4, -0.2) is 46.6 Å². The van der Waals surface area contributed by atoms with Crippen LogP contribution in [0.5, 0.6) is 0 Å². The quantitative estimate of drug-likeness (QED) is 0.676. The van der Waals surface area contributed by atoms with Crippen molar-refractivity contribution >= 4 is 0 Å². The Kier molecular flexibility index (Phi) is 3.09. The Bertz CT molecular complexity index is 248. The molecule has 0 aromatic rings. The van der Waals surface area contributed by atoms with Crippen LogP contribution in [0.25, 0.3) is 0 Å². The van der Waals surface area contributed by atoms with E-state index >= 15 is 0 Å². The summed E-state index contributed by atoms with van der Waals surface area (Å²) in [5.41, 5.74) is 0.851. The molecule has 1 heterocycles. The molecule has 1 saturated heterocycles.